The lowest BCUT2D eigenvalue weighted by Crippen LogP contribution is -2.54. The van der Waals surface area contributed by atoms with Crippen LogP contribution in [0.25, 0.3) is 0 Å². The van der Waals surface area contributed by atoms with Gasteiger partial charge >= 0.3 is 0 Å². The van der Waals surface area contributed by atoms with E-state index in [9.17, 15) is 4.79 Å². The van der Waals surface area contributed by atoms with Crippen LogP contribution in [-0.2, 0) is 0 Å². The molecule has 1 amide bonds. The normalized spacial score (nSPS) is 40.8. The first-order valence-electron chi connectivity index (χ1n) is 13.3. The van der Waals surface area contributed by atoms with Crippen molar-refractivity contribution in [2.24, 2.45) is 46.8 Å². The Morgan fingerprint density at radius 1 is 1.09 bits per heavy atom. The third-order valence-electron chi connectivity index (χ3n) is 10.4. The number of amides is 1. The largest absolute Gasteiger partial charge is 0.352 e. The Morgan fingerprint density at radius 3 is 2.78 bits per heavy atom. The summed E-state index contributed by atoms with van der Waals surface area (Å²) in [6.45, 7) is 5.82. The molecular weight excluding hydrogens is 392 g/mol. The predicted octanol–water partition coefficient (Wildman–Crippen LogP) is 6.58. The molecule has 0 aromatic heterocycles. The summed E-state index contributed by atoms with van der Waals surface area (Å²) in [5.74, 6) is 6.25. The van der Waals surface area contributed by atoms with Crippen LogP contribution in [0.2, 0.25) is 0 Å². The molecule has 0 bridgehead atoms. The van der Waals surface area contributed by atoms with Crippen LogP contribution < -0.4 is 5.32 Å². The molecule has 3 nitrogen and oxygen atoms in total. The Kier molecular flexibility index (Phi) is 6.08. The predicted molar refractivity (Wildman–Crippen MR) is 128 cm³/mol. The minimum absolute atomic E-state index is 0.0293. The summed E-state index contributed by atoms with van der Waals surface area (Å²) >= 11 is 0. The maximum Gasteiger partial charge on any atom is 0.251 e. The van der Waals surface area contributed by atoms with Crippen LogP contribution in [0.4, 0.5) is 0 Å². The van der Waals surface area contributed by atoms with Gasteiger partial charge in [0.2, 0.25) is 0 Å². The lowest BCUT2D eigenvalue weighted by Gasteiger charge is -2.60. The molecule has 32 heavy (non-hydrogen) atoms. The zero-order valence-electron chi connectivity index (χ0n) is 20.0. The fraction of sp³-hybridized carbons (Fsp3) is 0.724. The first-order chi connectivity index (χ1) is 15.5. The van der Waals surface area contributed by atoms with Gasteiger partial charge in [-0.1, -0.05) is 32.8 Å². The number of fused-ring (bicyclic) bond motifs is 5. The fourth-order valence-electron chi connectivity index (χ4n) is 8.78. The van der Waals surface area contributed by atoms with Crippen molar-refractivity contribution in [3.05, 3.63) is 35.4 Å². The molecule has 5 rings (SSSR count). The SMILES string of the molecule is C[C@H]1CC[C@H]2C(CC[C@@H]3C2CC[C@@]2(C)C3CCC[C@@H]2CNC(=O)c2cccc(C#N)c2)C1. The van der Waals surface area contributed by atoms with E-state index in [2.05, 4.69) is 25.2 Å². The van der Waals surface area contributed by atoms with Gasteiger partial charge < -0.3 is 5.32 Å². The molecule has 0 radical (unpaired) electrons. The maximum atomic E-state index is 12.8. The number of benzene rings is 1. The average molecular weight is 433 g/mol. The number of hydrogen-bond donors (Lipinski definition) is 1. The van der Waals surface area contributed by atoms with Crippen molar-refractivity contribution < 1.29 is 4.79 Å². The standard InChI is InChI=1S/C29H40N2O/c1-19-9-11-24-21(15-19)10-12-26-25(24)13-14-29(2)23(7-4-8-27(26)29)18-31-28(32)22-6-3-5-20(16-22)17-30/h3,5-6,16,19,21,23-27H,4,7-15,18H2,1-2H3,(H,31,32)/t19-,21?,23+,24-,25?,26+,27?,29+/m0/s1. The van der Waals surface area contributed by atoms with Crippen LogP contribution in [-0.4, -0.2) is 12.5 Å². The summed E-state index contributed by atoms with van der Waals surface area (Å²) < 4.78 is 0. The third-order valence-corrected chi connectivity index (χ3v) is 10.4. The van der Waals surface area contributed by atoms with Crippen molar-refractivity contribution in [2.45, 2.75) is 78.1 Å². The summed E-state index contributed by atoms with van der Waals surface area (Å²) in [4.78, 5) is 12.8. The van der Waals surface area contributed by atoms with E-state index in [4.69, 9.17) is 5.26 Å². The second-order valence-electron chi connectivity index (χ2n) is 11.9. The van der Waals surface area contributed by atoms with Crippen molar-refractivity contribution in [3.63, 3.8) is 0 Å². The van der Waals surface area contributed by atoms with E-state index in [0.717, 1.165) is 42.1 Å². The Labute approximate surface area is 194 Å². The molecule has 172 valence electrons. The zero-order chi connectivity index (χ0) is 22.3. The number of hydrogen-bond acceptors (Lipinski definition) is 2. The molecule has 3 unspecified atom stereocenters. The van der Waals surface area contributed by atoms with Gasteiger partial charge in [-0.3, -0.25) is 4.79 Å². The highest BCUT2D eigenvalue weighted by atomic mass is 16.1. The lowest BCUT2D eigenvalue weighted by molar-refractivity contribution is -0.108. The first-order valence-corrected chi connectivity index (χ1v) is 13.3. The average Bonchev–Trinajstić information content (AvgIpc) is 2.81. The van der Waals surface area contributed by atoms with Crippen LogP contribution in [0.5, 0.6) is 0 Å². The molecule has 4 fully saturated rings. The second kappa shape index (κ2) is 8.85. The van der Waals surface area contributed by atoms with Gasteiger partial charge in [-0.2, -0.15) is 5.26 Å². The molecule has 4 saturated carbocycles. The molecule has 0 heterocycles. The van der Waals surface area contributed by atoms with Gasteiger partial charge in [0, 0.05) is 12.1 Å². The van der Waals surface area contributed by atoms with Gasteiger partial charge in [-0.05, 0) is 116 Å². The number of nitriles is 1. The minimum atomic E-state index is -0.0293. The highest BCUT2D eigenvalue weighted by Crippen LogP contribution is 2.63. The van der Waals surface area contributed by atoms with E-state index >= 15 is 0 Å². The molecule has 4 aliphatic carbocycles. The Hall–Kier alpha value is -1.82. The molecule has 1 N–H and O–H groups in total. The molecule has 3 heteroatoms. The molecule has 1 aromatic carbocycles. The molecule has 0 spiro atoms. The van der Waals surface area contributed by atoms with Gasteiger partial charge in [-0.25, -0.2) is 0 Å². The molecule has 1 aromatic rings. The molecule has 4 aliphatic rings. The smallest absolute Gasteiger partial charge is 0.251 e. The Morgan fingerprint density at radius 2 is 1.94 bits per heavy atom. The van der Waals surface area contributed by atoms with Crippen LogP contribution in [0.3, 0.4) is 0 Å². The van der Waals surface area contributed by atoms with Crippen LogP contribution in [0.1, 0.15) is 94.0 Å². The zero-order valence-corrected chi connectivity index (χ0v) is 20.0. The number of carbonyl (C=O) groups excluding carboxylic acids is 1. The highest BCUT2D eigenvalue weighted by Gasteiger charge is 2.55. The summed E-state index contributed by atoms with van der Waals surface area (Å²) in [6, 6.07) is 9.21. The lowest BCUT2D eigenvalue weighted by atomic mass is 9.45. The van der Waals surface area contributed by atoms with Crippen LogP contribution >= 0.6 is 0 Å². The van der Waals surface area contributed by atoms with Crippen molar-refractivity contribution in [2.75, 3.05) is 6.54 Å². The van der Waals surface area contributed by atoms with E-state index in [1.165, 1.54) is 64.2 Å². The van der Waals surface area contributed by atoms with Crippen molar-refractivity contribution >= 4 is 5.91 Å². The number of rotatable bonds is 3. The van der Waals surface area contributed by atoms with Gasteiger partial charge in [0.05, 0.1) is 11.6 Å². The quantitative estimate of drug-likeness (QED) is 0.586. The van der Waals surface area contributed by atoms with E-state index in [1.54, 1.807) is 18.2 Å². The molecule has 0 saturated heterocycles. The third kappa shape index (κ3) is 3.89. The first kappa shape index (κ1) is 22.0. The highest BCUT2D eigenvalue weighted by molar-refractivity contribution is 5.94. The van der Waals surface area contributed by atoms with Crippen molar-refractivity contribution in [1.29, 1.82) is 5.26 Å². The van der Waals surface area contributed by atoms with E-state index in [1.807, 2.05) is 6.07 Å². The van der Waals surface area contributed by atoms with Gasteiger partial charge in [0.1, 0.15) is 0 Å². The summed E-state index contributed by atoms with van der Waals surface area (Å²) in [6.07, 6.45) is 14.1. The number of nitrogens with zero attached hydrogens (tertiary/aromatic N) is 1. The van der Waals surface area contributed by atoms with Gasteiger partial charge in [0.15, 0.2) is 0 Å². The van der Waals surface area contributed by atoms with Gasteiger partial charge in [0.25, 0.3) is 5.91 Å². The van der Waals surface area contributed by atoms with E-state index < -0.39 is 0 Å². The topological polar surface area (TPSA) is 52.9 Å². The Balaban J connectivity index is 1.27. The second-order valence-corrected chi connectivity index (χ2v) is 11.9. The monoisotopic (exact) mass is 432 g/mol. The number of nitrogens with one attached hydrogen (secondary N) is 1. The van der Waals surface area contributed by atoms with E-state index in [0.29, 0.717) is 22.5 Å². The fourth-order valence-corrected chi connectivity index (χ4v) is 8.78. The summed E-state index contributed by atoms with van der Waals surface area (Å²) in [5, 5.41) is 12.4. The van der Waals surface area contributed by atoms with Crippen LogP contribution in [0.15, 0.2) is 24.3 Å². The molecule has 0 aliphatic heterocycles. The van der Waals surface area contributed by atoms with Crippen molar-refractivity contribution in [1.82, 2.24) is 5.32 Å². The van der Waals surface area contributed by atoms with Crippen molar-refractivity contribution in [3.8, 4) is 6.07 Å². The van der Waals surface area contributed by atoms with Gasteiger partial charge in [-0.15, -0.1) is 0 Å². The van der Waals surface area contributed by atoms with Crippen LogP contribution in [0, 0.1) is 58.2 Å². The number of carbonyl (C=O) groups is 1. The summed E-state index contributed by atoms with van der Waals surface area (Å²) in [5.41, 5.74) is 1.53. The molecule has 8 atom stereocenters. The molecular formula is C29H40N2O. The minimum Gasteiger partial charge on any atom is -0.352 e. The van der Waals surface area contributed by atoms with E-state index in [-0.39, 0.29) is 5.91 Å². The maximum absolute atomic E-state index is 12.8. The Bertz CT molecular complexity index is 887. The summed E-state index contributed by atoms with van der Waals surface area (Å²) in [7, 11) is 0.